The van der Waals surface area contributed by atoms with Crippen molar-refractivity contribution in [2.45, 2.75) is 56.5 Å². The summed E-state index contributed by atoms with van der Waals surface area (Å²) in [5.41, 5.74) is 10.6. The minimum atomic E-state index is -1.83. The molecule has 0 bridgehead atoms. The number of carbonyl (C=O) groups excluding carboxylic acids is 4. The molecule has 4 amide bonds. The normalized spacial score (nSPS) is 17.8. The average Bonchev–Trinajstić information content (AvgIpc) is 3.49. The molecule has 1 fully saturated rings. The lowest BCUT2D eigenvalue weighted by Crippen LogP contribution is -2.55. The number of benzene rings is 3. The molecule has 15 nitrogen and oxygen atoms in total. The third-order valence-electron chi connectivity index (χ3n) is 8.12. The first-order valence-electron chi connectivity index (χ1n) is 15.2. The molecule has 0 aromatic heterocycles. The van der Waals surface area contributed by atoms with Gasteiger partial charge in [-0.15, -0.1) is 0 Å². The van der Waals surface area contributed by atoms with Crippen LogP contribution in [0.4, 0.5) is 5.69 Å². The first kappa shape index (κ1) is 35.3. The number of aliphatic hydroxyl groups excluding tert-OH is 1. The number of non-ortho nitro benzene ring substituents is 1. The van der Waals surface area contributed by atoms with Crippen molar-refractivity contribution in [2.24, 2.45) is 11.5 Å². The van der Waals surface area contributed by atoms with Gasteiger partial charge in [0.25, 0.3) is 11.6 Å². The Kier molecular flexibility index (Phi) is 11.0. The molecular formula is C33H39N7O8. The molecule has 3 aromatic carbocycles. The minimum Gasteiger partial charge on any atom is -0.403 e. The highest BCUT2D eigenvalue weighted by atomic mass is 16.6. The van der Waals surface area contributed by atoms with Crippen molar-refractivity contribution in [2.75, 3.05) is 13.1 Å². The Morgan fingerprint density at radius 1 is 1.08 bits per heavy atom. The summed E-state index contributed by atoms with van der Waals surface area (Å²) in [4.78, 5) is 64.0. The number of fused-ring (bicyclic) bond motifs is 1. The van der Waals surface area contributed by atoms with Gasteiger partial charge >= 0.3 is 0 Å². The lowest BCUT2D eigenvalue weighted by molar-refractivity contribution is -0.384. The van der Waals surface area contributed by atoms with Crippen LogP contribution in [0.15, 0.2) is 78.6 Å². The van der Waals surface area contributed by atoms with Crippen LogP contribution in [0.5, 0.6) is 0 Å². The third-order valence-corrected chi connectivity index (χ3v) is 8.12. The molecule has 4 unspecified atom stereocenters. The smallest absolute Gasteiger partial charge is 0.269 e. The fourth-order valence-corrected chi connectivity index (χ4v) is 5.53. The summed E-state index contributed by atoms with van der Waals surface area (Å²) in [5.74, 6) is -2.91. The summed E-state index contributed by atoms with van der Waals surface area (Å²) >= 11 is 0. The summed E-state index contributed by atoms with van der Waals surface area (Å²) in [7, 11) is 0. The standard InChI is InChI=1S/C33H39N7O8/c1-33(2,46)27(16-34)37-23-15-26(32(45)38-25(29(42)30(35)43)13-19-7-11-24(12-8-19)40(47)48)39(18-23)28(41)17-36-31(44)22-10-9-20-5-3-4-6-21(20)14-22/h3-12,14,16,23,25-26,29,37,42,46H,13,15,17-18,34H2,1-2H3,(H2,35,43)(H,36,44)(H,38,45)/b27-16-. The van der Waals surface area contributed by atoms with Gasteiger partial charge in [-0.25, -0.2) is 0 Å². The first-order valence-corrected chi connectivity index (χ1v) is 15.2. The number of nitrogens with zero attached hydrogens (tertiary/aromatic N) is 2. The lowest BCUT2D eigenvalue weighted by atomic mass is 9.99. The molecule has 254 valence electrons. The van der Waals surface area contributed by atoms with Gasteiger partial charge in [0.05, 0.1) is 28.8 Å². The number of primary amides is 1. The number of aliphatic hydroxyl groups is 2. The van der Waals surface area contributed by atoms with Crippen LogP contribution in [-0.4, -0.2) is 86.6 Å². The van der Waals surface area contributed by atoms with Crippen LogP contribution < -0.4 is 27.4 Å². The van der Waals surface area contributed by atoms with E-state index in [-0.39, 0.29) is 30.8 Å². The summed E-state index contributed by atoms with van der Waals surface area (Å²) < 4.78 is 0. The Hall–Kier alpha value is -5.54. The number of nitro groups is 1. The second-order valence-corrected chi connectivity index (χ2v) is 12.1. The van der Waals surface area contributed by atoms with Crippen LogP contribution in [0.2, 0.25) is 0 Å². The molecule has 1 aliphatic rings. The van der Waals surface area contributed by atoms with E-state index in [2.05, 4.69) is 16.0 Å². The highest BCUT2D eigenvalue weighted by molar-refractivity contribution is 6.00. The predicted molar refractivity (Wildman–Crippen MR) is 176 cm³/mol. The summed E-state index contributed by atoms with van der Waals surface area (Å²) in [6.45, 7) is 2.57. The molecule has 15 heteroatoms. The monoisotopic (exact) mass is 661 g/mol. The maximum absolute atomic E-state index is 13.8. The number of hydrogen-bond donors (Lipinski definition) is 7. The van der Waals surface area contributed by atoms with E-state index >= 15 is 0 Å². The Morgan fingerprint density at radius 3 is 2.35 bits per heavy atom. The van der Waals surface area contributed by atoms with E-state index in [0.717, 1.165) is 10.8 Å². The topological polar surface area (TPSA) is 243 Å². The third kappa shape index (κ3) is 8.63. The van der Waals surface area contributed by atoms with Gasteiger partial charge < -0.3 is 42.5 Å². The van der Waals surface area contributed by atoms with Crippen molar-refractivity contribution < 1.29 is 34.3 Å². The molecule has 1 heterocycles. The molecule has 0 radical (unpaired) electrons. The van der Waals surface area contributed by atoms with Crippen LogP contribution >= 0.6 is 0 Å². The Balaban J connectivity index is 1.53. The van der Waals surface area contributed by atoms with Crippen LogP contribution in [0.3, 0.4) is 0 Å². The van der Waals surface area contributed by atoms with E-state index in [9.17, 15) is 39.5 Å². The van der Waals surface area contributed by atoms with Crippen LogP contribution in [0.1, 0.15) is 36.2 Å². The van der Waals surface area contributed by atoms with Crippen LogP contribution in [0.25, 0.3) is 10.8 Å². The van der Waals surface area contributed by atoms with Gasteiger partial charge in [-0.3, -0.25) is 29.3 Å². The highest BCUT2D eigenvalue weighted by Crippen LogP contribution is 2.23. The van der Waals surface area contributed by atoms with Crippen LogP contribution in [0, 0.1) is 10.1 Å². The van der Waals surface area contributed by atoms with E-state index in [0.29, 0.717) is 11.1 Å². The van der Waals surface area contributed by atoms with Gasteiger partial charge in [-0.05, 0) is 55.2 Å². The quantitative estimate of drug-likeness (QED) is 0.0968. The van der Waals surface area contributed by atoms with Gasteiger partial charge in [0.2, 0.25) is 17.7 Å². The van der Waals surface area contributed by atoms with Crippen molar-refractivity contribution in [3.05, 3.63) is 99.9 Å². The van der Waals surface area contributed by atoms with Crippen molar-refractivity contribution in [1.29, 1.82) is 0 Å². The second-order valence-electron chi connectivity index (χ2n) is 12.1. The Bertz CT molecular complexity index is 1720. The molecule has 9 N–H and O–H groups in total. The SMILES string of the molecule is CC(C)(O)/C(=C/N)NC1CC(C(=O)NC(Cc2ccc([N+](=O)[O-])cc2)C(O)C(N)=O)N(C(=O)CNC(=O)c2ccc3ccccc3c2)C1. The summed E-state index contributed by atoms with van der Waals surface area (Å²) in [5, 5.41) is 42.2. The molecule has 0 aliphatic carbocycles. The Morgan fingerprint density at radius 2 is 1.75 bits per heavy atom. The zero-order valence-corrected chi connectivity index (χ0v) is 26.5. The van der Waals surface area contributed by atoms with E-state index in [1.165, 1.54) is 49.2 Å². The molecule has 4 atom stereocenters. The van der Waals surface area contributed by atoms with Gasteiger partial charge in [0, 0.05) is 36.5 Å². The summed E-state index contributed by atoms with van der Waals surface area (Å²) in [6, 6.07) is 15.0. The van der Waals surface area contributed by atoms with Gasteiger partial charge in [0.1, 0.15) is 6.04 Å². The molecule has 1 saturated heterocycles. The van der Waals surface area contributed by atoms with Crippen molar-refractivity contribution >= 4 is 40.1 Å². The largest absolute Gasteiger partial charge is 0.403 e. The van der Waals surface area contributed by atoms with Crippen molar-refractivity contribution in [3.63, 3.8) is 0 Å². The van der Waals surface area contributed by atoms with Gasteiger partial charge in [0.15, 0.2) is 6.10 Å². The summed E-state index contributed by atoms with van der Waals surface area (Å²) in [6.07, 6.45) is -0.712. The minimum absolute atomic E-state index is 0.0123. The molecule has 1 aliphatic heterocycles. The van der Waals surface area contributed by atoms with Crippen LogP contribution in [-0.2, 0) is 20.8 Å². The maximum Gasteiger partial charge on any atom is 0.269 e. The fraction of sp³-hybridized carbons (Fsp3) is 0.333. The molecule has 3 aromatic rings. The number of rotatable bonds is 13. The average molecular weight is 662 g/mol. The number of amides is 4. The lowest BCUT2D eigenvalue weighted by Gasteiger charge is -2.28. The second kappa shape index (κ2) is 14.9. The van der Waals surface area contributed by atoms with E-state index in [1.807, 2.05) is 24.3 Å². The number of nitro benzene ring substituents is 1. The van der Waals surface area contributed by atoms with E-state index in [1.54, 1.807) is 18.2 Å². The number of nitrogens with one attached hydrogen (secondary N) is 3. The fourth-order valence-electron chi connectivity index (χ4n) is 5.53. The number of likely N-dealkylation sites (tertiary alicyclic amines) is 1. The van der Waals surface area contributed by atoms with Gasteiger partial charge in [-0.1, -0.05) is 42.5 Å². The molecule has 4 rings (SSSR count). The van der Waals surface area contributed by atoms with Crippen molar-refractivity contribution in [3.8, 4) is 0 Å². The Labute approximate surface area is 276 Å². The van der Waals surface area contributed by atoms with Crippen molar-refractivity contribution in [1.82, 2.24) is 20.9 Å². The maximum atomic E-state index is 13.8. The molecule has 0 spiro atoms. The number of nitrogens with two attached hydrogens (primary N) is 2. The molecule has 48 heavy (non-hydrogen) atoms. The van der Waals surface area contributed by atoms with E-state index < -0.39 is 64.9 Å². The van der Waals surface area contributed by atoms with E-state index in [4.69, 9.17) is 11.5 Å². The zero-order chi connectivity index (χ0) is 35.2. The number of carbonyl (C=O) groups is 4. The molecular weight excluding hydrogens is 622 g/mol. The molecule has 0 saturated carbocycles. The highest BCUT2D eigenvalue weighted by Gasteiger charge is 2.42. The predicted octanol–water partition coefficient (Wildman–Crippen LogP) is 0.182. The zero-order valence-electron chi connectivity index (χ0n) is 26.5. The van der Waals surface area contributed by atoms with Gasteiger partial charge in [-0.2, -0.15) is 0 Å². The number of hydrogen-bond acceptors (Lipinski definition) is 10. The first-order chi connectivity index (χ1) is 22.7.